The highest BCUT2D eigenvalue weighted by atomic mass is 32.2. The minimum atomic E-state index is -3.49. The number of amides is 1. The highest BCUT2D eigenvalue weighted by Crippen LogP contribution is 2.27. The number of nitrogens with zero attached hydrogens (tertiary/aromatic N) is 2. The Morgan fingerprint density at radius 3 is 2.91 bits per heavy atom. The summed E-state index contributed by atoms with van der Waals surface area (Å²) in [4.78, 5) is 16.3. The molecule has 1 atom stereocenters. The molecule has 3 rings (SSSR count). The summed E-state index contributed by atoms with van der Waals surface area (Å²) in [5, 5.41) is 6.81. The Labute approximate surface area is 136 Å². The van der Waals surface area contributed by atoms with E-state index in [9.17, 15) is 13.2 Å². The molecule has 0 spiro atoms. The zero-order valence-corrected chi connectivity index (χ0v) is 14.1. The van der Waals surface area contributed by atoms with Crippen LogP contribution in [0, 0.1) is 5.92 Å². The molecule has 0 aromatic carbocycles. The van der Waals surface area contributed by atoms with Crippen LogP contribution in [0.15, 0.2) is 33.3 Å². The second-order valence-corrected chi connectivity index (χ2v) is 8.97. The first-order chi connectivity index (χ1) is 10.6. The fourth-order valence-corrected chi connectivity index (χ4v) is 5.61. The van der Waals surface area contributed by atoms with Crippen molar-refractivity contribution < 1.29 is 13.2 Å². The van der Waals surface area contributed by atoms with Crippen LogP contribution in [0.5, 0.6) is 0 Å². The predicted molar refractivity (Wildman–Crippen MR) is 86.5 cm³/mol. The number of carbonyl (C=O) groups excluding carboxylic acids is 1. The van der Waals surface area contributed by atoms with Crippen molar-refractivity contribution in [1.82, 2.24) is 9.29 Å². The van der Waals surface area contributed by atoms with Crippen molar-refractivity contribution >= 4 is 43.7 Å². The minimum absolute atomic E-state index is 0.166. The molecule has 2 aromatic rings. The number of thiophene rings is 1. The Balaban J connectivity index is 1.70. The number of piperidine rings is 1. The van der Waals surface area contributed by atoms with Crippen molar-refractivity contribution in [2.24, 2.45) is 5.92 Å². The zero-order valence-electron chi connectivity index (χ0n) is 11.6. The van der Waals surface area contributed by atoms with Crippen molar-refractivity contribution in [2.75, 3.05) is 18.4 Å². The number of carbonyl (C=O) groups is 1. The van der Waals surface area contributed by atoms with Gasteiger partial charge in [-0.3, -0.25) is 4.79 Å². The van der Waals surface area contributed by atoms with Gasteiger partial charge in [0.15, 0.2) is 5.13 Å². The van der Waals surface area contributed by atoms with Crippen molar-refractivity contribution in [3.05, 3.63) is 29.1 Å². The molecule has 22 heavy (non-hydrogen) atoms. The van der Waals surface area contributed by atoms with Gasteiger partial charge in [-0.15, -0.1) is 22.7 Å². The third kappa shape index (κ3) is 3.22. The summed E-state index contributed by atoms with van der Waals surface area (Å²) in [5.74, 6) is -0.506. The molecule has 0 unspecified atom stereocenters. The number of nitrogens with one attached hydrogen (secondary N) is 1. The van der Waals surface area contributed by atoms with E-state index in [0.717, 1.165) is 0 Å². The van der Waals surface area contributed by atoms with Gasteiger partial charge in [-0.2, -0.15) is 4.31 Å². The van der Waals surface area contributed by atoms with Gasteiger partial charge in [0.2, 0.25) is 5.91 Å². The van der Waals surface area contributed by atoms with Crippen molar-refractivity contribution in [1.29, 1.82) is 0 Å². The van der Waals surface area contributed by atoms with E-state index in [4.69, 9.17) is 0 Å². The number of hydrogen-bond donors (Lipinski definition) is 1. The third-order valence-corrected chi connectivity index (χ3v) is 7.43. The molecule has 1 saturated heterocycles. The van der Waals surface area contributed by atoms with Gasteiger partial charge in [0.25, 0.3) is 10.0 Å². The molecular formula is C13H15N3O3S3. The third-order valence-electron chi connectivity index (χ3n) is 3.51. The quantitative estimate of drug-likeness (QED) is 0.910. The van der Waals surface area contributed by atoms with Gasteiger partial charge in [-0.25, -0.2) is 13.4 Å². The SMILES string of the molecule is O=C(Nc1nccs1)[C@H]1CCCN(S(=O)(=O)c2cccs2)C1. The van der Waals surface area contributed by atoms with Crippen LogP contribution in [0.4, 0.5) is 5.13 Å². The Morgan fingerprint density at radius 2 is 2.23 bits per heavy atom. The highest BCUT2D eigenvalue weighted by molar-refractivity contribution is 7.91. The Bertz CT molecular complexity index is 726. The van der Waals surface area contributed by atoms with E-state index in [2.05, 4.69) is 10.3 Å². The van der Waals surface area contributed by atoms with Gasteiger partial charge < -0.3 is 5.32 Å². The van der Waals surface area contributed by atoms with E-state index in [0.29, 0.717) is 28.7 Å². The summed E-state index contributed by atoms with van der Waals surface area (Å²) in [6.45, 7) is 0.679. The monoisotopic (exact) mass is 357 g/mol. The molecule has 1 aliphatic rings. The molecule has 6 nitrogen and oxygen atoms in total. The number of thiazole rings is 1. The van der Waals surface area contributed by atoms with Crippen LogP contribution in [0.1, 0.15) is 12.8 Å². The zero-order chi connectivity index (χ0) is 15.6. The normalized spacial score (nSPS) is 19.9. The highest BCUT2D eigenvalue weighted by Gasteiger charge is 2.33. The van der Waals surface area contributed by atoms with Crippen LogP contribution >= 0.6 is 22.7 Å². The number of sulfonamides is 1. The van der Waals surface area contributed by atoms with Gasteiger partial charge in [0, 0.05) is 24.7 Å². The van der Waals surface area contributed by atoms with Gasteiger partial charge in [-0.1, -0.05) is 6.07 Å². The maximum absolute atomic E-state index is 12.5. The molecule has 0 saturated carbocycles. The first-order valence-electron chi connectivity index (χ1n) is 6.81. The molecule has 2 aromatic heterocycles. The van der Waals surface area contributed by atoms with Crippen molar-refractivity contribution in [2.45, 2.75) is 17.1 Å². The lowest BCUT2D eigenvalue weighted by atomic mass is 9.99. The smallest absolute Gasteiger partial charge is 0.252 e. The Morgan fingerprint density at radius 1 is 1.36 bits per heavy atom. The summed E-state index contributed by atoms with van der Waals surface area (Å²) in [6.07, 6.45) is 2.99. The van der Waals surface area contributed by atoms with E-state index in [1.54, 1.807) is 29.1 Å². The molecule has 1 N–H and O–H groups in total. The number of rotatable bonds is 4. The van der Waals surface area contributed by atoms with Gasteiger partial charge in [0.05, 0.1) is 5.92 Å². The van der Waals surface area contributed by atoms with Crippen LogP contribution < -0.4 is 5.32 Å². The van der Waals surface area contributed by atoms with Crippen LogP contribution in [0.25, 0.3) is 0 Å². The summed E-state index contributed by atoms with van der Waals surface area (Å²) < 4.78 is 26.8. The summed E-state index contributed by atoms with van der Waals surface area (Å²) >= 11 is 2.54. The van der Waals surface area contributed by atoms with Crippen LogP contribution in [-0.2, 0) is 14.8 Å². The first kappa shape index (κ1) is 15.6. The van der Waals surface area contributed by atoms with E-state index >= 15 is 0 Å². The second kappa shape index (κ2) is 6.45. The average Bonchev–Trinajstić information content (AvgIpc) is 3.21. The van der Waals surface area contributed by atoms with E-state index in [1.807, 2.05) is 0 Å². The molecule has 9 heteroatoms. The molecule has 1 aliphatic heterocycles. The number of aromatic nitrogens is 1. The molecule has 0 aliphatic carbocycles. The van der Waals surface area contributed by atoms with Gasteiger partial charge >= 0.3 is 0 Å². The van der Waals surface area contributed by atoms with Crippen LogP contribution in [0.2, 0.25) is 0 Å². The maximum Gasteiger partial charge on any atom is 0.252 e. The summed E-state index contributed by atoms with van der Waals surface area (Å²) in [5.41, 5.74) is 0. The summed E-state index contributed by atoms with van der Waals surface area (Å²) in [7, 11) is -3.49. The van der Waals surface area contributed by atoms with Crippen LogP contribution in [0.3, 0.4) is 0 Å². The van der Waals surface area contributed by atoms with Crippen LogP contribution in [-0.4, -0.2) is 36.7 Å². The number of anilines is 1. The molecular weight excluding hydrogens is 342 g/mol. The molecule has 3 heterocycles. The lowest BCUT2D eigenvalue weighted by Gasteiger charge is -2.30. The lowest BCUT2D eigenvalue weighted by molar-refractivity contribution is -0.120. The molecule has 1 amide bonds. The average molecular weight is 357 g/mol. The molecule has 118 valence electrons. The van der Waals surface area contributed by atoms with Gasteiger partial charge in [0.1, 0.15) is 4.21 Å². The van der Waals surface area contributed by atoms with E-state index < -0.39 is 10.0 Å². The standard InChI is InChI=1S/C13H15N3O3S3/c17-12(15-13-14-5-8-21-13)10-3-1-6-16(9-10)22(18,19)11-4-2-7-20-11/h2,4-5,7-8,10H,1,3,6,9H2,(H,14,15,17)/t10-/m0/s1. The van der Waals surface area contributed by atoms with Gasteiger partial charge in [-0.05, 0) is 24.3 Å². The van der Waals surface area contributed by atoms with E-state index in [1.165, 1.54) is 27.0 Å². The maximum atomic E-state index is 12.5. The fraction of sp³-hybridized carbons (Fsp3) is 0.385. The predicted octanol–water partition coefficient (Wildman–Crippen LogP) is 2.24. The summed E-state index contributed by atoms with van der Waals surface area (Å²) in [6, 6.07) is 3.31. The largest absolute Gasteiger partial charge is 0.302 e. The Kier molecular flexibility index (Phi) is 4.57. The minimum Gasteiger partial charge on any atom is -0.302 e. The molecule has 0 radical (unpaired) electrons. The topological polar surface area (TPSA) is 79.4 Å². The molecule has 0 bridgehead atoms. The second-order valence-electron chi connectivity index (χ2n) is 4.96. The fourth-order valence-electron chi connectivity index (χ4n) is 2.40. The van der Waals surface area contributed by atoms with Crippen molar-refractivity contribution in [3.8, 4) is 0 Å². The first-order valence-corrected chi connectivity index (χ1v) is 10.0. The van der Waals surface area contributed by atoms with Crippen molar-refractivity contribution in [3.63, 3.8) is 0 Å². The van der Waals surface area contributed by atoms with E-state index in [-0.39, 0.29) is 18.4 Å². The Hall–Kier alpha value is -1.29. The lowest BCUT2D eigenvalue weighted by Crippen LogP contribution is -2.43. The number of hydrogen-bond acceptors (Lipinski definition) is 6. The molecule has 1 fully saturated rings.